The smallest absolute Gasteiger partial charge is 0.306 e. The summed E-state index contributed by atoms with van der Waals surface area (Å²) in [6, 6.07) is 5.40. The fraction of sp³-hybridized carbons (Fsp3) is 0.412. The first-order valence-electron chi connectivity index (χ1n) is 8.07. The van der Waals surface area contributed by atoms with E-state index in [2.05, 4.69) is 15.0 Å². The van der Waals surface area contributed by atoms with Crippen LogP contribution in [0.1, 0.15) is 24.2 Å². The lowest BCUT2D eigenvalue weighted by atomic mass is 10.2. The number of hydrogen-bond donors (Lipinski definition) is 1. The maximum absolute atomic E-state index is 11.8. The Hall–Kier alpha value is -2.61. The first-order chi connectivity index (χ1) is 12.3. The summed E-state index contributed by atoms with van der Waals surface area (Å²) < 4.78 is 10.8. The minimum atomic E-state index is -0.355. The third-order valence-corrected chi connectivity index (χ3v) is 3.60. The third-order valence-electron chi connectivity index (χ3n) is 3.37. The Labute approximate surface area is 157 Å². The van der Waals surface area contributed by atoms with Crippen LogP contribution in [0.15, 0.2) is 18.2 Å². The van der Waals surface area contributed by atoms with Gasteiger partial charge < -0.3 is 20.1 Å². The number of esters is 1. The minimum Gasteiger partial charge on any atom is -0.493 e. The summed E-state index contributed by atoms with van der Waals surface area (Å²) in [5.41, 5.74) is 6.57. The van der Waals surface area contributed by atoms with E-state index in [0.717, 1.165) is 11.3 Å². The van der Waals surface area contributed by atoms with Gasteiger partial charge in [0.15, 0.2) is 12.4 Å². The number of carbonyl (C=O) groups excluding carboxylic acids is 1. The number of aryl methyl sites for hydroxylation is 1. The quantitative estimate of drug-likeness (QED) is 0.550. The molecule has 140 valence electrons. The van der Waals surface area contributed by atoms with Crippen molar-refractivity contribution >= 4 is 29.5 Å². The molecule has 26 heavy (non-hydrogen) atoms. The second-order valence-electron chi connectivity index (χ2n) is 5.83. The molecule has 0 saturated heterocycles. The molecule has 1 aromatic heterocycles. The van der Waals surface area contributed by atoms with Crippen molar-refractivity contribution in [1.29, 1.82) is 0 Å². The number of nitrogens with zero attached hydrogens (tertiary/aromatic N) is 4. The van der Waals surface area contributed by atoms with E-state index in [0.29, 0.717) is 29.8 Å². The number of hydrogen-bond acceptors (Lipinski definition) is 8. The lowest BCUT2D eigenvalue weighted by molar-refractivity contribution is -0.145. The van der Waals surface area contributed by atoms with Gasteiger partial charge in [-0.2, -0.15) is 15.0 Å². The molecular formula is C17H22ClN5O3. The molecule has 0 radical (unpaired) electrons. The zero-order chi connectivity index (χ0) is 19.1. The van der Waals surface area contributed by atoms with E-state index >= 15 is 0 Å². The van der Waals surface area contributed by atoms with Crippen molar-refractivity contribution in [2.75, 3.05) is 31.3 Å². The molecule has 0 aliphatic rings. The first kappa shape index (κ1) is 19.7. The summed E-state index contributed by atoms with van der Waals surface area (Å²) in [7, 11) is 3.57. The van der Waals surface area contributed by atoms with Gasteiger partial charge in [-0.15, -0.1) is 0 Å². The highest BCUT2D eigenvalue weighted by Crippen LogP contribution is 2.21. The van der Waals surface area contributed by atoms with Crippen LogP contribution in [0.5, 0.6) is 5.75 Å². The maximum atomic E-state index is 11.8. The molecule has 8 nitrogen and oxygen atoms in total. The zero-order valence-corrected chi connectivity index (χ0v) is 15.8. The van der Waals surface area contributed by atoms with E-state index in [9.17, 15) is 4.79 Å². The lowest BCUT2D eigenvalue weighted by Crippen LogP contribution is -2.17. The van der Waals surface area contributed by atoms with Gasteiger partial charge >= 0.3 is 5.97 Å². The highest BCUT2D eigenvalue weighted by molar-refractivity contribution is 6.30. The van der Waals surface area contributed by atoms with E-state index in [4.69, 9.17) is 26.8 Å². The number of rotatable bonds is 8. The van der Waals surface area contributed by atoms with Crippen molar-refractivity contribution < 1.29 is 14.3 Å². The Balaban J connectivity index is 1.74. The maximum Gasteiger partial charge on any atom is 0.306 e. The number of nitrogens with two attached hydrogens (primary N) is 1. The molecule has 9 heteroatoms. The summed E-state index contributed by atoms with van der Waals surface area (Å²) in [6.07, 6.45) is 0.761. The van der Waals surface area contributed by atoms with Gasteiger partial charge in [0.25, 0.3) is 0 Å². The number of anilines is 2. The molecule has 2 rings (SSSR count). The number of nitrogen functional groups attached to an aromatic ring is 1. The van der Waals surface area contributed by atoms with Crippen LogP contribution in [0, 0.1) is 6.92 Å². The average molecular weight is 380 g/mol. The number of carbonyl (C=O) groups is 1. The van der Waals surface area contributed by atoms with Crippen LogP contribution in [0.4, 0.5) is 11.9 Å². The van der Waals surface area contributed by atoms with Gasteiger partial charge in [0, 0.05) is 25.5 Å². The molecule has 0 spiro atoms. The van der Waals surface area contributed by atoms with Crippen LogP contribution in [-0.2, 0) is 16.1 Å². The number of ether oxygens (including phenoxy) is 2. The van der Waals surface area contributed by atoms with Crippen molar-refractivity contribution in [3.8, 4) is 5.75 Å². The number of halogens is 1. The van der Waals surface area contributed by atoms with Gasteiger partial charge in [0.1, 0.15) is 5.75 Å². The normalized spacial score (nSPS) is 10.5. The molecule has 0 fully saturated rings. The molecule has 0 aliphatic heterocycles. The summed E-state index contributed by atoms with van der Waals surface area (Å²) in [5.74, 6) is 1.20. The number of aromatic nitrogens is 3. The molecule has 1 aromatic carbocycles. The predicted octanol–water partition coefficient (Wildman–Crippen LogP) is 2.38. The van der Waals surface area contributed by atoms with Crippen molar-refractivity contribution in [2.24, 2.45) is 0 Å². The summed E-state index contributed by atoms with van der Waals surface area (Å²) in [5, 5.41) is 0.662. The zero-order valence-electron chi connectivity index (χ0n) is 15.0. The fourth-order valence-corrected chi connectivity index (χ4v) is 2.31. The Morgan fingerprint density at radius 1 is 1.27 bits per heavy atom. The molecule has 0 amide bonds. The van der Waals surface area contributed by atoms with Crippen molar-refractivity contribution in [2.45, 2.75) is 26.4 Å². The third kappa shape index (κ3) is 6.03. The molecule has 0 aliphatic carbocycles. The Kier molecular flexibility index (Phi) is 6.97. The van der Waals surface area contributed by atoms with Gasteiger partial charge in [-0.1, -0.05) is 11.6 Å². The highest BCUT2D eigenvalue weighted by atomic mass is 35.5. The van der Waals surface area contributed by atoms with E-state index in [-0.39, 0.29) is 24.9 Å². The SMILES string of the molecule is Cc1cc(Cl)ccc1OCCCC(=O)OCc1nc(N)nc(N(C)C)n1. The van der Waals surface area contributed by atoms with Gasteiger partial charge in [-0.05, 0) is 37.1 Å². The molecule has 0 unspecified atom stereocenters. The van der Waals surface area contributed by atoms with Crippen molar-refractivity contribution in [3.05, 3.63) is 34.6 Å². The topological polar surface area (TPSA) is 103 Å². The van der Waals surface area contributed by atoms with E-state index in [1.165, 1.54) is 0 Å². The summed E-state index contributed by atoms with van der Waals surface area (Å²) >= 11 is 5.90. The molecule has 1 heterocycles. The van der Waals surface area contributed by atoms with Crippen LogP contribution in [-0.4, -0.2) is 41.6 Å². The van der Waals surface area contributed by atoms with Crippen LogP contribution in [0.25, 0.3) is 0 Å². The average Bonchev–Trinajstić information content (AvgIpc) is 2.58. The Bertz CT molecular complexity index is 770. The van der Waals surface area contributed by atoms with Crippen LogP contribution < -0.4 is 15.4 Å². The van der Waals surface area contributed by atoms with Crippen molar-refractivity contribution in [3.63, 3.8) is 0 Å². The standard InChI is InChI=1S/C17H22ClN5O3/c1-11-9-12(18)6-7-13(11)25-8-4-5-15(24)26-10-14-20-16(19)22-17(21-14)23(2)3/h6-7,9H,4-5,8,10H2,1-3H3,(H2,19,20,21,22). The fourth-order valence-electron chi connectivity index (χ4n) is 2.08. The van der Waals surface area contributed by atoms with Crippen LogP contribution in [0.3, 0.4) is 0 Å². The molecular weight excluding hydrogens is 358 g/mol. The predicted molar refractivity (Wildman–Crippen MR) is 99.3 cm³/mol. The first-order valence-corrected chi connectivity index (χ1v) is 8.45. The molecule has 2 aromatic rings. The second kappa shape index (κ2) is 9.19. The van der Waals surface area contributed by atoms with Crippen LogP contribution in [0.2, 0.25) is 5.02 Å². The largest absolute Gasteiger partial charge is 0.493 e. The monoisotopic (exact) mass is 379 g/mol. The van der Waals surface area contributed by atoms with Gasteiger partial charge in [-0.3, -0.25) is 4.79 Å². The minimum absolute atomic E-state index is 0.0520. The van der Waals surface area contributed by atoms with E-state index in [1.807, 2.05) is 19.1 Å². The van der Waals surface area contributed by atoms with Crippen LogP contribution >= 0.6 is 11.6 Å². The number of benzene rings is 1. The second-order valence-corrected chi connectivity index (χ2v) is 6.26. The summed E-state index contributed by atoms with van der Waals surface area (Å²) in [6.45, 7) is 2.27. The molecule has 0 saturated carbocycles. The lowest BCUT2D eigenvalue weighted by Gasteiger charge is -2.11. The van der Waals surface area contributed by atoms with Gasteiger partial charge in [-0.25, -0.2) is 0 Å². The van der Waals surface area contributed by atoms with E-state index in [1.54, 1.807) is 25.1 Å². The Morgan fingerprint density at radius 3 is 2.73 bits per heavy atom. The molecule has 0 atom stereocenters. The van der Waals surface area contributed by atoms with Crippen molar-refractivity contribution in [1.82, 2.24) is 15.0 Å². The molecule has 0 bridgehead atoms. The summed E-state index contributed by atoms with van der Waals surface area (Å²) in [4.78, 5) is 25.6. The van der Waals surface area contributed by atoms with E-state index < -0.39 is 0 Å². The highest BCUT2D eigenvalue weighted by Gasteiger charge is 2.09. The Morgan fingerprint density at radius 2 is 2.04 bits per heavy atom. The molecule has 2 N–H and O–H groups in total. The van der Waals surface area contributed by atoms with Gasteiger partial charge in [0.05, 0.1) is 6.61 Å². The van der Waals surface area contributed by atoms with Gasteiger partial charge in [0.2, 0.25) is 11.9 Å².